The Morgan fingerprint density at radius 1 is 1.14 bits per heavy atom. The minimum absolute atomic E-state index is 0.0372. The molecule has 4 aromatic rings. The van der Waals surface area contributed by atoms with Gasteiger partial charge >= 0.3 is 5.76 Å². The summed E-state index contributed by atoms with van der Waals surface area (Å²) in [5.74, 6) is 0.645. The number of likely N-dealkylation sites (N-methyl/N-ethyl adjacent to an activating group) is 1. The first-order chi connectivity index (χ1) is 14.0. The summed E-state index contributed by atoms with van der Waals surface area (Å²) < 4.78 is 12.1. The standard InChI is InChI=1S/C22H23N3O4/c1-15(20-12-17-10-6-7-11-19(17)28-20)24(2)13-18(26)14-25-21(23-29-22(25)27)16-8-4-3-5-9-16/h3-12,15,18,26H,13-14H2,1-2H3. The number of benzene rings is 2. The monoisotopic (exact) mass is 393 g/mol. The van der Waals surface area contributed by atoms with E-state index in [0.29, 0.717) is 12.4 Å². The number of aromatic nitrogens is 2. The quantitative estimate of drug-likeness (QED) is 0.519. The average Bonchev–Trinajstić information content (AvgIpc) is 3.32. The molecule has 1 N–H and O–H groups in total. The molecule has 2 aromatic carbocycles. The van der Waals surface area contributed by atoms with Gasteiger partial charge in [0.25, 0.3) is 0 Å². The molecule has 0 saturated heterocycles. The van der Waals surface area contributed by atoms with E-state index in [4.69, 9.17) is 8.94 Å². The summed E-state index contributed by atoms with van der Waals surface area (Å²) in [7, 11) is 1.91. The first-order valence-corrected chi connectivity index (χ1v) is 9.51. The minimum atomic E-state index is -0.786. The third-order valence-corrected chi connectivity index (χ3v) is 5.13. The number of rotatable bonds is 7. The summed E-state index contributed by atoms with van der Waals surface area (Å²) in [6.45, 7) is 2.46. The Morgan fingerprint density at radius 3 is 2.62 bits per heavy atom. The normalized spacial score (nSPS) is 13.8. The van der Waals surface area contributed by atoms with Crippen LogP contribution in [0, 0.1) is 0 Å². The molecule has 0 aliphatic rings. The van der Waals surface area contributed by atoms with E-state index in [0.717, 1.165) is 22.3 Å². The van der Waals surface area contributed by atoms with Gasteiger partial charge in [0.1, 0.15) is 11.3 Å². The summed E-state index contributed by atoms with van der Waals surface area (Å²) >= 11 is 0. The lowest BCUT2D eigenvalue weighted by molar-refractivity contribution is 0.0882. The van der Waals surface area contributed by atoms with E-state index in [1.165, 1.54) is 4.57 Å². The van der Waals surface area contributed by atoms with Gasteiger partial charge in [-0.2, -0.15) is 0 Å². The Balaban J connectivity index is 1.46. The predicted octanol–water partition coefficient (Wildman–Crippen LogP) is 3.30. The molecule has 7 nitrogen and oxygen atoms in total. The first-order valence-electron chi connectivity index (χ1n) is 9.51. The lowest BCUT2D eigenvalue weighted by Gasteiger charge is -2.25. The molecule has 0 bridgehead atoms. The van der Waals surface area contributed by atoms with Crippen molar-refractivity contribution in [1.82, 2.24) is 14.6 Å². The van der Waals surface area contributed by atoms with Gasteiger partial charge in [0, 0.05) is 17.5 Å². The fourth-order valence-electron chi connectivity index (χ4n) is 3.41. The van der Waals surface area contributed by atoms with Crippen LogP contribution in [-0.2, 0) is 6.54 Å². The van der Waals surface area contributed by atoms with Crippen LogP contribution in [0.25, 0.3) is 22.4 Å². The van der Waals surface area contributed by atoms with Crippen LogP contribution in [0.1, 0.15) is 18.7 Å². The van der Waals surface area contributed by atoms with E-state index in [-0.39, 0.29) is 12.6 Å². The van der Waals surface area contributed by atoms with Gasteiger partial charge in [-0.15, -0.1) is 0 Å². The molecule has 0 aliphatic carbocycles. The molecule has 7 heteroatoms. The van der Waals surface area contributed by atoms with E-state index in [1.54, 1.807) is 0 Å². The van der Waals surface area contributed by atoms with Crippen molar-refractivity contribution in [3.05, 3.63) is 77.0 Å². The van der Waals surface area contributed by atoms with Crippen molar-refractivity contribution >= 4 is 11.0 Å². The second-order valence-corrected chi connectivity index (χ2v) is 7.20. The molecule has 0 radical (unpaired) electrons. The SMILES string of the molecule is CC(c1cc2ccccc2o1)N(C)CC(O)Cn1c(-c2ccccc2)noc1=O. The van der Waals surface area contributed by atoms with E-state index in [1.807, 2.05) is 79.5 Å². The van der Waals surface area contributed by atoms with E-state index < -0.39 is 11.9 Å². The van der Waals surface area contributed by atoms with Gasteiger partial charge < -0.3 is 9.52 Å². The number of hydrogen-bond acceptors (Lipinski definition) is 6. The molecule has 4 rings (SSSR count). The van der Waals surface area contributed by atoms with Gasteiger partial charge in [0.2, 0.25) is 0 Å². The van der Waals surface area contributed by atoms with Gasteiger partial charge in [-0.3, -0.25) is 14.0 Å². The van der Waals surface area contributed by atoms with E-state index in [2.05, 4.69) is 5.16 Å². The Kier molecular flexibility index (Phi) is 5.33. The summed E-state index contributed by atoms with van der Waals surface area (Å²) in [5, 5.41) is 15.5. The number of furan rings is 1. The molecule has 0 saturated carbocycles. The highest BCUT2D eigenvalue weighted by atomic mass is 16.5. The molecule has 2 unspecified atom stereocenters. The molecular weight excluding hydrogens is 370 g/mol. The molecular formula is C22H23N3O4. The van der Waals surface area contributed by atoms with Gasteiger partial charge in [-0.25, -0.2) is 4.79 Å². The zero-order chi connectivity index (χ0) is 20.4. The van der Waals surface area contributed by atoms with Crippen molar-refractivity contribution in [3.63, 3.8) is 0 Å². The van der Waals surface area contributed by atoms with Crippen LogP contribution in [0.15, 0.2) is 74.4 Å². The van der Waals surface area contributed by atoms with Crippen molar-refractivity contribution in [2.45, 2.75) is 25.6 Å². The topological polar surface area (TPSA) is 84.6 Å². The number of para-hydroxylation sites is 1. The predicted molar refractivity (Wildman–Crippen MR) is 109 cm³/mol. The van der Waals surface area contributed by atoms with Gasteiger partial charge in [0.05, 0.1) is 18.7 Å². The molecule has 0 amide bonds. The molecule has 150 valence electrons. The summed E-state index contributed by atoms with van der Waals surface area (Å²) in [5.41, 5.74) is 1.60. The van der Waals surface area contributed by atoms with Gasteiger partial charge in [0.15, 0.2) is 5.82 Å². The minimum Gasteiger partial charge on any atom is -0.459 e. The Morgan fingerprint density at radius 2 is 1.86 bits per heavy atom. The van der Waals surface area contributed by atoms with Crippen LogP contribution >= 0.6 is 0 Å². The van der Waals surface area contributed by atoms with Crippen LogP contribution < -0.4 is 5.76 Å². The lowest BCUT2D eigenvalue weighted by atomic mass is 10.2. The van der Waals surface area contributed by atoms with Crippen molar-refractivity contribution in [2.75, 3.05) is 13.6 Å². The van der Waals surface area contributed by atoms with Crippen molar-refractivity contribution < 1.29 is 14.0 Å². The molecule has 0 fully saturated rings. The number of fused-ring (bicyclic) bond motifs is 1. The molecule has 0 aliphatic heterocycles. The number of aliphatic hydroxyl groups is 1. The fourth-order valence-corrected chi connectivity index (χ4v) is 3.41. The second-order valence-electron chi connectivity index (χ2n) is 7.20. The maximum Gasteiger partial charge on any atom is 0.441 e. The zero-order valence-electron chi connectivity index (χ0n) is 16.4. The molecule has 0 spiro atoms. The third kappa shape index (κ3) is 4.01. The average molecular weight is 393 g/mol. The van der Waals surface area contributed by atoms with Crippen LogP contribution in [0.3, 0.4) is 0 Å². The van der Waals surface area contributed by atoms with Crippen LogP contribution in [-0.4, -0.2) is 39.4 Å². The highest BCUT2D eigenvalue weighted by molar-refractivity contribution is 5.77. The fraction of sp³-hybridized carbons (Fsp3) is 0.273. The van der Waals surface area contributed by atoms with Crippen molar-refractivity contribution in [1.29, 1.82) is 0 Å². The largest absolute Gasteiger partial charge is 0.459 e. The van der Waals surface area contributed by atoms with Gasteiger partial charge in [-0.1, -0.05) is 53.7 Å². The summed E-state index contributed by atoms with van der Waals surface area (Å²) in [6.07, 6.45) is -0.786. The molecule has 2 aromatic heterocycles. The second kappa shape index (κ2) is 8.06. The summed E-state index contributed by atoms with van der Waals surface area (Å²) in [4.78, 5) is 14.1. The van der Waals surface area contributed by atoms with Crippen LogP contribution in [0.2, 0.25) is 0 Å². The Labute approximate surface area is 167 Å². The summed E-state index contributed by atoms with van der Waals surface area (Å²) in [6, 6.07) is 19.1. The Bertz CT molecular complexity index is 1110. The van der Waals surface area contributed by atoms with Crippen LogP contribution in [0.5, 0.6) is 0 Å². The first kappa shape index (κ1) is 19.2. The number of aliphatic hydroxyl groups excluding tert-OH is 1. The molecule has 2 atom stereocenters. The lowest BCUT2D eigenvalue weighted by Crippen LogP contribution is -2.35. The van der Waals surface area contributed by atoms with E-state index in [9.17, 15) is 9.90 Å². The zero-order valence-corrected chi connectivity index (χ0v) is 16.4. The Hall–Kier alpha value is -3.16. The smallest absolute Gasteiger partial charge is 0.441 e. The third-order valence-electron chi connectivity index (χ3n) is 5.13. The van der Waals surface area contributed by atoms with Gasteiger partial charge in [-0.05, 0) is 26.1 Å². The molecule has 2 heterocycles. The van der Waals surface area contributed by atoms with E-state index >= 15 is 0 Å². The number of hydrogen-bond donors (Lipinski definition) is 1. The molecule has 29 heavy (non-hydrogen) atoms. The highest BCUT2D eigenvalue weighted by Crippen LogP contribution is 2.26. The van der Waals surface area contributed by atoms with Crippen molar-refractivity contribution in [2.24, 2.45) is 0 Å². The maximum atomic E-state index is 12.1. The van der Waals surface area contributed by atoms with Crippen molar-refractivity contribution in [3.8, 4) is 11.4 Å². The number of nitrogens with zero attached hydrogens (tertiary/aromatic N) is 3. The maximum absolute atomic E-state index is 12.1. The highest BCUT2D eigenvalue weighted by Gasteiger charge is 2.21. The van der Waals surface area contributed by atoms with Crippen LogP contribution in [0.4, 0.5) is 0 Å².